The van der Waals surface area contributed by atoms with Crippen LogP contribution in [0.4, 0.5) is 0 Å². The molecule has 1 fully saturated rings. The van der Waals surface area contributed by atoms with Gasteiger partial charge in [0.05, 0.1) is 24.4 Å². The van der Waals surface area contributed by atoms with Crippen molar-refractivity contribution < 1.29 is 38.8 Å². The topological polar surface area (TPSA) is 131 Å². The van der Waals surface area contributed by atoms with Crippen molar-refractivity contribution in [3.8, 4) is 11.1 Å². The molecule has 0 unspecified atom stereocenters. The molecule has 1 amide bonds. The van der Waals surface area contributed by atoms with Gasteiger partial charge in [-0.1, -0.05) is 78.9 Å². The van der Waals surface area contributed by atoms with Crippen LogP contribution in [0.15, 0.2) is 102 Å². The Morgan fingerprint density at radius 1 is 0.894 bits per heavy atom. The third kappa shape index (κ3) is 9.08. The predicted molar refractivity (Wildman–Crippen MR) is 177 cm³/mol. The number of carboxylic acids is 1. The molecule has 47 heavy (non-hydrogen) atoms. The number of aromatic carboxylic acids is 1. The van der Waals surface area contributed by atoms with E-state index in [0.29, 0.717) is 17.1 Å². The van der Waals surface area contributed by atoms with Gasteiger partial charge in [-0.25, -0.2) is 4.79 Å². The van der Waals surface area contributed by atoms with Crippen molar-refractivity contribution in [3.63, 3.8) is 0 Å². The highest BCUT2D eigenvalue weighted by Crippen LogP contribution is 2.40. The molecular formula is C37H37NO8S. The molecule has 4 atom stereocenters. The molecule has 244 valence electrons. The van der Waals surface area contributed by atoms with Crippen LogP contribution in [-0.4, -0.2) is 46.0 Å². The molecule has 0 aliphatic carbocycles. The summed E-state index contributed by atoms with van der Waals surface area (Å²) in [6, 6.07) is 30.4. The average molecular weight is 656 g/mol. The Morgan fingerprint density at radius 2 is 1.62 bits per heavy atom. The number of aliphatic hydroxyl groups excluding tert-OH is 1. The fourth-order valence-electron chi connectivity index (χ4n) is 5.30. The summed E-state index contributed by atoms with van der Waals surface area (Å²) in [6.07, 6.45) is -1.43. The second-order valence-electron chi connectivity index (χ2n) is 11.3. The van der Waals surface area contributed by atoms with E-state index in [9.17, 15) is 24.6 Å². The fourth-order valence-corrected chi connectivity index (χ4v) is 6.37. The van der Waals surface area contributed by atoms with Crippen molar-refractivity contribution in [2.75, 3.05) is 5.75 Å². The second-order valence-corrected chi connectivity index (χ2v) is 12.3. The van der Waals surface area contributed by atoms with Gasteiger partial charge < -0.3 is 29.7 Å². The van der Waals surface area contributed by atoms with Gasteiger partial charge in [-0.15, -0.1) is 11.8 Å². The van der Waals surface area contributed by atoms with Crippen molar-refractivity contribution in [1.29, 1.82) is 0 Å². The van der Waals surface area contributed by atoms with Crippen LogP contribution < -0.4 is 5.32 Å². The number of esters is 1. The van der Waals surface area contributed by atoms with Crippen LogP contribution in [0.3, 0.4) is 0 Å². The van der Waals surface area contributed by atoms with E-state index in [0.717, 1.165) is 33.4 Å². The Morgan fingerprint density at radius 3 is 2.32 bits per heavy atom. The Labute approximate surface area is 277 Å². The van der Waals surface area contributed by atoms with Crippen LogP contribution in [0.5, 0.6) is 0 Å². The lowest BCUT2D eigenvalue weighted by Crippen LogP contribution is -2.35. The van der Waals surface area contributed by atoms with Crippen LogP contribution in [0, 0.1) is 0 Å². The summed E-state index contributed by atoms with van der Waals surface area (Å²) in [4.78, 5) is 35.8. The first-order valence-electron chi connectivity index (χ1n) is 15.3. The minimum Gasteiger partial charge on any atom is -0.478 e. The molecule has 3 N–H and O–H groups in total. The van der Waals surface area contributed by atoms with Gasteiger partial charge in [0, 0.05) is 36.1 Å². The summed E-state index contributed by atoms with van der Waals surface area (Å²) in [5, 5.41) is 21.9. The Hall–Kier alpha value is -4.48. The predicted octanol–water partition coefficient (Wildman–Crippen LogP) is 6.45. The molecular weight excluding hydrogens is 618 g/mol. The number of benzene rings is 4. The van der Waals surface area contributed by atoms with Crippen LogP contribution in [-0.2, 0) is 37.0 Å². The Bertz CT molecular complexity index is 1690. The molecule has 1 aliphatic rings. The molecule has 9 nitrogen and oxygen atoms in total. The van der Waals surface area contributed by atoms with Gasteiger partial charge in [0.1, 0.15) is 0 Å². The zero-order valence-corrected chi connectivity index (χ0v) is 26.9. The molecule has 5 rings (SSSR count). The summed E-state index contributed by atoms with van der Waals surface area (Å²) in [7, 11) is 0. The Kier molecular flexibility index (Phi) is 11.4. The van der Waals surface area contributed by atoms with E-state index in [1.807, 2.05) is 78.9 Å². The maximum Gasteiger partial charge on any atom is 0.336 e. The first-order chi connectivity index (χ1) is 22.7. The van der Waals surface area contributed by atoms with Gasteiger partial charge in [0.2, 0.25) is 0 Å². The SMILES string of the molecule is CC(=O)O[C@@H](C)C(=O)NCc1cccc(-c2ccc([C@@H]3O[C@H](CSc4ccccc4C(=O)O)C[C@H](c4ccc(CO)cc4)O3)cc2)c1. The highest BCUT2D eigenvalue weighted by Gasteiger charge is 2.32. The van der Waals surface area contributed by atoms with E-state index in [1.54, 1.807) is 18.2 Å². The first kappa shape index (κ1) is 33.9. The van der Waals surface area contributed by atoms with Gasteiger partial charge in [-0.2, -0.15) is 0 Å². The van der Waals surface area contributed by atoms with Crippen LogP contribution in [0.1, 0.15) is 65.3 Å². The first-order valence-corrected chi connectivity index (χ1v) is 16.3. The number of carboxylic acid groups (broad SMARTS) is 1. The van der Waals surface area contributed by atoms with Gasteiger partial charge in [-0.05, 0) is 52.9 Å². The van der Waals surface area contributed by atoms with Crippen molar-refractivity contribution in [1.82, 2.24) is 5.32 Å². The summed E-state index contributed by atoms with van der Waals surface area (Å²) in [5.74, 6) is -1.31. The van der Waals surface area contributed by atoms with Gasteiger partial charge in [0.25, 0.3) is 5.91 Å². The Balaban J connectivity index is 1.30. The van der Waals surface area contributed by atoms with E-state index < -0.39 is 24.3 Å². The molecule has 0 saturated carbocycles. The number of aliphatic hydroxyl groups is 1. The minimum atomic E-state index is -0.968. The second kappa shape index (κ2) is 15.9. The van der Waals surface area contributed by atoms with Crippen molar-refractivity contribution in [3.05, 3.63) is 125 Å². The summed E-state index contributed by atoms with van der Waals surface area (Å²) >= 11 is 1.45. The highest BCUT2D eigenvalue weighted by atomic mass is 32.2. The number of hydrogen-bond acceptors (Lipinski definition) is 8. The van der Waals surface area contributed by atoms with E-state index >= 15 is 0 Å². The number of carbonyl (C=O) groups excluding carboxylic acids is 2. The van der Waals surface area contributed by atoms with Gasteiger partial charge >= 0.3 is 11.9 Å². The molecule has 0 aromatic heterocycles. The van der Waals surface area contributed by atoms with Crippen molar-refractivity contribution in [2.45, 2.75) is 62.9 Å². The number of nitrogens with one attached hydrogen (secondary N) is 1. The number of amides is 1. The summed E-state index contributed by atoms with van der Waals surface area (Å²) in [6.45, 7) is 3.04. The lowest BCUT2D eigenvalue weighted by atomic mass is 9.99. The van der Waals surface area contributed by atoms with E-state index in [-0.39, 0.29) is 36.8 Å². The highest BCUT2D eigenvalue weighted by molar-refractivity contribution is 7.99. The maximum atomic E-state index is 12.3. The van der Waals surface area contributed by atoms with Crippen molar-refractivity contribution >= 4 is 29.6 Å². The molecule has 0 bridgehead atoms. The summed E-state index contributed by atoms with van der Waals surface area (Å²) < 4.78 is 17.9. The van der Waals surface area contributed by atoms with Crippen molar-refractivity contribution in [2.24, 2.45) is 0 Å². The van der Waals surface area contributed by atoms with Crippen LogP contribution >= 0.6 is 11.8 Å². The number of thioether (sulfide) groups is 1. The smallest absolute Gasteiger partial charge is 0.336 e. The third-order valence-corrected chi connectivity index (χ3v) is 8.98. The molecule has 4 aromatic rings. The molecule has 4 aromatic carbocycles. The zero-order chi connectivity index (χ0) is 33.3. The van der Waals surface area contributed by atoms with E-state index in [2.05, 4.69) is 5.32 Å². The fraction of sp³-hybridized carbons (Fsp3) is 0.270. The molecule has 10 heteroatoms. The zero-order valence-electron chi connectivity index (χ0n) is 26.1. The number of ether oxygens (including phenoxy) is 3. The lowest BCUT2D eigenvalue weighted by Gasteiger charge is -2.36. The average Bonchev–Trinajstić information content (AvgIpc) is 3.09. The third-order valence-electron chi connectivity index (χ3n) is 7.78. The normalized spacial score (nSPS) is 18.2. The molecule has 1 aliphatic heterocycles. The lowest BCUT2D eigenvalue weighted by molar-refractivity contribution is -0.245. The summed E-state index contributed by atoms with van der Waals surface area (Å²) in [5.41, 5.74) is 5.72. The van der Waals surface area contributed by atoms with E-state index in [1.165, 1.54) is 25.6 Å². The standard InChI is InChI=1S/C37H37NO8S/c1-23(44-24(2)40)35(41)38-20-26-6-5-7-30(18-26)27-14-16-29(17-15-27)37-45-31(22-47-34-9-4-3-8-32(34)36(42)43)19-33(46-37)28-12-10-25(21-39)11-13-28/h3-18,23,31,33,37,39H,19-22H2,1-2H3,(H,38,41)(H,42,43)/t23-,31-,33+,37+/m0/s1. The molecule has 1 heterocycles. The van der Waals surface area contributed by atoms with Gasteiger partial charge in [-0.3, -0.25) is 9.59 Å². The number of carbonyl (C=O) groups is 3. The number of hydrogen-bond donors (Lipinski definition) is 3. The molecule has 0 radical (unpaired) electrons. The van der Waals surface area contributed by atoms with Gasteiger partial charge in [0.15, 0.2) is 12.4 Å². The molecule has 0 spiro atoms. The largest absolute Gasteiger partial charge is 0.478 e. The minimum absolute atomic E-state index is 0.0427. The number of rotatable bonds is 12. The molecule has 1 saturated heterocycles. The maximum absolute atomic E-state index is 12.3. The monoisotopic (exact) mass is 655 g/mol. The quantitative estimate of drug-likeness (QED) is 0.116. The van der Waals surface area contributed by atoms with E-state index in [4.69, 9.17) is 14.2 Å². The van der Waals surface area contributed by atoms with Crippen LogP contribution in [0.2, 0.25) is 0 Å². The van der Waals surface area contributed by atoms with Crippen LogP contribution in [0.25, 0.3) is 11.1 Å².